The van der Waals surface area contributed by atoms with Crippen LogP contribution in [0, 0.1) is 0 Å². The predicted octanol–water partition coefficient (Wildman–Crippen LogP) is 2.75. The Morgan fingerprint density at radius 3 is 2.67 bits per heavy atom. The van der Waals surface area contributed by atoms with Gasteiger partial charge >= 0.3 is 0 Å². The number of rotatable bonds is 7. The van der Waals surface area contributed by atoms with Gasteiger partial charge in [-0.25, -0.2) is 4.98 Å². The highest BCUT2D eigenvalue weighted by molar-refractivity contribution is 5.94. The Morgan fingerprint density at radius 2 is 1.93 bits per heavy atom. The second-order valence-corrected chi connectivity index (χ2v) is 8.11. The average Bonchev–Trinajstić information content (AvgIpc) is 3.20. The Morgan fingerprint density at radius 1 is 1.17 bits per heavy atom. The quantitative estimate of drug-likeness (QED) is 0.651. The zero-order chi connectivity index (χ0) is 21.0. The van der Waals surface area contributed by atoms with Crippen molar-refractivity contribution >= 4 is 11.6 Å². The molecule has 2 aromatic heterocycles. The van der Waals surface area contributed by atoms with Gasteiger partial charge in [-0.05, 0) is 50.2 Å². The zero-order valence-electron chi connectivity index (χ0n) is 17.5. The fourth-order valence-corrected chi connectivity index (χ4v) is 3.60. The van der Waals surface area contributed by atoms with Crippen molar-refractivity contribution in [2.75, 3.05) is 32.8 Å². The average molecular weight is 409 g/mol. The SMILES string of the molecule is CC(C)(CNC(=O)c1ccc(OCc2cn3ccccc3n2)cc1)N1CCOCC1. The lowest BCUT2D eigenvalue weighted by atomic mass is 10.0. The number of pyridine rings is 1. The van der Waals surface area contributed by atoms with Crippen molar-refractivity contribution in [3.63, 3.8) is 0 Å². The number of amides is 1. The van der Waals surface area contributed by atoms with E-state index in [1.165, 1.54) is 0 Å². The van der Waals surface area contributed by atoms with Gasteiger partial charge in [-0.15, -0.1) is 0 Å². The van der Waals surface area contributed by atoms with E-state index in [9.17, 15) is 4.79 Å². The molecule has 1 aliphatic rings. The molecule has 3 aromatic rings. The van der Waals surface area contributed by atoms with Crippen molar-refractivity contribution in [1.29, 1.82) is 0 Å². The van der Waals surface area contributed by atoms with Gasteiger partial charge in [-0.3, -0.25) is 9.69 Å². The molecule has 0 aliphatic carbocycles. The van der Waals surface area contributed by atoms with Gasteiger partial charge in [0.15, 0.2) is 0 Å². The van der Waals surface area contributed by atoms with Crippen LogP contribution < -0.4 is 10.1 Å². The van der Waals surface area contributed by atoms with E-state index < -0.39 is 0 Å². The number of nitrogens with one attached hydrogen (secondary N) is 1. The third-order valence-electron chi connectivity index (χ3n) is 5.47. The summed E-state index contributed by atoms with van der Waals surface area (Å²) in [7, 11) is 0. The Hall–Kier alpha value is -2.90. The van der Waals surface area contributed by atoms with Gasteiger partial charge in [0.2, 0.25) is 0 Å². The molecule has 0 radical (unpaired) electrons. The smallest absolute Gasteiger partial charge is 0.251 e. The fourth-order valence-electron chi connectivity index (χ4n) is 3.60. The van der Waals surface area contributed by atoms with E-state index in [4.69, 9.17) is 9.47 Å². The number of hydrogen-bond donors (Lipinski definition) is 1. The Bertz CT molecular complexity index is 958. The first kappa shape index (κ1) is 20.4. The zero-order valence-corrected chi connectivity index (χ0v) is 17.5. The van der Waals surface area contributed by atoms with Crippen LogP contribution in [0.1, 0.15) is 29.9 Å². The van der Waals surface area contributed by atoms with Crippen LogP contribution in [0.25, 0.3) is 5.65 Å². The van der Waals surface area contributed by atoms with Crippen molar-refractivity contribution in [1.82, 2.24) is 19.6 Å². The molecule has 0 atom stereocenters. The van der Waals surface area contributed by atoms with Crippen molar-refractivity contribution in [3.8, 4) is 5.75 Å². The minimum atomic E-state index is -0.114. The van der Waals surface area contributed by atoms with Crippen molar-refractivity contribution in [3.05, 3.63) is 66.1 Å². The van der Waals surface area contributed by atoms with Crippen molar-refractivity contribution in [2.45, 2.75) is 26.0 Å². The number of carbonyl (C=O) groups excluding carboxylic acids is 1. The van der Waals surface area contributed by atoms with E-state index in [-0.39, 0.29) is 11.4 Å². The van der Waals surface area contributed by atoms with Crippen molar-refractivity contribution < 1.29 is 14.3 Å². The number of hydrogen-bond acceptors (Lipinski definition) is 5. The summed E-state index contributed by atoms with van der Waals surface area (Å²) in [4.78, 5) is 19.4. The van der Waals surface area contributed by atoms with Gasteiger partial charge in [-0.1, -0.05) is 6.07 Å². The number of ether oxygens (including phenoxy) is 2. The second-order valence-electron chi connectivity index (χ2n) is 8.11. The molecule has 4 rings (SSSR count). The van der Waals surface area contributed by atoms with E-state index in [1.54, 1.807) is 12.1 Å². The Labute approximate surface area is 176 Å². The van der Waals surface area contributed by atoms with Crippen LogP contribution in [0.15, 0.2) is 54.9 Å². The van der Waals surface area contributed by atoms with Gasteiger partial charge in [0.1, 0.15) is 18.0 Å². The lowest BCUT2D eigenvalue weighted by Gasteiger charge is -2.40. The van der Waals surface area contributed by atoms with Gasteiger partial charge in [0.05, 0.1) is 18.9 Å². The molecule has 30 heavy (non-hydrogen) atoms. The largest absolute Gasteiger partial charge is 0.487 e. The standard InChI is InChI=1S/C23H28N4O3/c1-23(2,27-11-13-29-14-12-27)17-24-22(28)18-6-8-20(9-7-18)30-16-19-15-26-10-4-3-5-21(26)25-19/h3-10,15H,11-14,16-17H2,1-2H3,(H,24,28). The lowest BCUT2D eigenvalue weighted by Crippen LogP contribution is -2.55. The molecule has 7 heteroatoms. The highest BCUT2D eigenvalue weighted by Gasteiger charge is 2.28. The Kier molecular flexibility index (Phi) is 6.01. The maximum atomic E-state index is 12.6. The fraction of sp³-hybridized carbons (Fsp3) is 0.391. The summed E-state index contributed by atoms with van der Waals surface area (Å²) < 4.78 is 13.2. The normalized spacial score (nSPS) is 15.3. The molecule has 7 nitrogen and oxygen atoms in total. The van der Waals surface area contributed by atoms with Crippen LogP contribution in [0.4, 0.5) is 0 Å². The molecule has 1 aromatic carbocycles. The topological polar surface area (TPSA) is 68.1 Å². The van der Waals surface area contributed by atoms with Crippen LogP contribution in [0.5, 0.6) is 5.75 Å². The summed E-state index contributed by atoms with van der Waals surface area (Å²) in [6.45, 7) is 8.52. The summed E-state index contributed by atoms with van der Waals surface area (Å²) in [6.07, 6.45) is 3.91. The number of morpholine rings is 1. The van der Waals surface area contributed by atoms with E-state index in [0.29, 0.717) is 24.5 Å². The third kappa shape index (κ3) is 4.80. The summed E-state index contributed by atoms with van der Waals surface area (Å²) in [5, 5.41) is 3.05. The van der Waals surface area contributed by atoms with Gasteiger partial charge in [-0.2, -0.15) is 0 Å². The minimum absolute atomic E-state index is 0.0803. The first-order valence-corrected chi connectivity index (χ1v) is 10.3. The van der Waals surface area contributed by atoms with Gasteiger partial charge < -0.3 is 19.2 Å². The van der Waals surface area contributed by atoms with Gasteiger partial charge in [0.25, 0.3) is 5.91 Å². The maximum Gasteiger partial charge on any atom is 0.251 e. The third-order valence-corrected chi connectivity index (χ3v) is 5.47. The molecule has 3 heterocycles. The minimum Gasteiger partial charge on any atom is -0.487 e. The van der Waals surface area contributed by atoms with E-state index >= 15 is 0 Å². The molecule has 0 bridgehead atoms. The molecule has 1 saturated heterocycles. The van der Waals surface area contributed by atoms with Crippen LogP contribution in [0.2, 0.25) is 0 Å². The summed E-state index contributed by atoms with van der Waals surface area (Å²) in [5.41, 5.74) is 2.25. The molecule has 0 saturated carbocycles. The van der Waals surface area contributed by atoms with Crippen LogP contribution in [-0.4, -0.2) is 58.6 Å². The molecule has 0 unspecified atom stereocenters. The highest BCUT2D eigenvalue weighted by Crippen LogP contribution is 2.17. The molecule has 1 amide bonds. The molecule has 0 spiro atoms. The van der Waals surface area contributed by atoms with E-state index in [2.05, 4.69) is 29.0 Å². The van der Waals surface area contributed by atoms with Crippen LogP contribution in [0.3, 0.4) is 0 Å². The molecular weight excluding hydrogens is 380 g/mol. The molecule has 1 fully saturated rings. The predicted molar refractivity (Wildman–Crippen MR) is 115 cm³/mol. The maximum absolute atomic E-state index is 12.6. The number of carbonyl (C=O) groups is 1. The van der Waals surface area contributed by atoms with Crippen LogP contribution in [-0.2, 0) is 11.3 Å². The summed E-state index contributed by atoms with van der Waals surface area (Å²) in [6, 6.07) is 13.1. The monoisotopic (exact) mass is 408 g/mol. The number of benzene rings is 1. The number of fused-ring (bicyclic) bond motifs is 1. The number of imidazole rings is 1. The van der Waals surface area contributed by atoms with Crippen LogP contribution >= 0.6 is 0 Å². The van der Waals surface area contributed by atoms with E-state index in [0.717, 1.165) is 37.6 Å². The van der Waals surface area contributed by atoms with Crippen molar-refractivity contribution in [2.24, 2.45) is 0 Å². The first-order chi connectivity index (χ1) is 14.5. The summed E-state index contributed by atoms with van der Waals surface area (Å²) >= 11 is 0. The highest BCUT2D eigenvalue weighted by atomic mass is 16.5. The van der Waals surface area contributed by atoms with E-state index in [1.807, 2.05) is 47.1 Å². The number of aromatic nitrogens is 2. The molecule has 158 valence electrons. The number of nitrogens with zero attached hydrogens (tertiary/aromatic N) is 3. The van der Waals surface area contributed by atoms with Gasteiger partial charge in [0, 0.05) is 43.1 Å². The molecule has 1 N–H and O–H groups in total. The Balaban J connectivity index is 1.29. The first-order valence-electron chi connectivity index (χ1n) is 10.3. The second kappa shape index (κ2) is 8.85. The molecule has 1 aliphatic heterocycles. The summed E-state index contributed by atoms with van der Waals surface area (Å²) in [5.74, 6) is 0.625. The lowest BCUT2D eigenvalue weighted by molar-refractivity contribution is -0.00923. The molecular formula is C23H28N4O3.